The van der Waals surface area contributed by atoms with E-state index in [1.165, 1.54) is 19.2 Å². The van der Waals surface area contributed by atoms with Crippen LogP contribution in [0.25, 0.3) is 0 Å². The van der Waals surface area contributed by atoms with Gasteiger partial charge in [0.05, 0.1) is 22.7 Å². The van der Waals surface area contributed by atoms with Gasteiger partial charge in [0.2, 0.25) is 0 Å². The zero-order valence-electron chi connectivity index (χ0n) is 11.0. The van der Waals surface area contributed by atoms with E-state index < -0.39 is 5.97 Å². The van der Waals surface area contributed by atoms with E-state index in [2.05, 4.69) is 4.74 Å². The third-order valence-corrected chi connectivity index (χ3v) is 3.68. The largest absolute Gasteiger partial charge is 0.486 e. The number of benzene rings is 2. The molecular weight excluding hydrogens is 335 g/mol. The Morgan fingerprint density at radius 3 is 2.24 bits per heavy atom. The normalized spacial score (nSPS) is 10.3. The van der Waals surface area contributed by atoms with Gasteiger partial charge in [-0.3, -0.25) is 0 Å². The molecule has 0 radical (unpaired) electrons. The summed E-state index contributed by atoms with van der Waals surface area (Å²) >= 11 is 18.2. The fourth-order valence-corrected chi connectivity index (χ4v) is 2.49. The molecule has 110 valence electrons. The minimum Gasteiger partial charge on any atom is -0.486 e. The molecule has 0 fully saturated rings. The first-order chi connectivity index (χ1) is 10.0. The molecule has 0 saturated carbocycles. The Morgan fingerprint density at radius 1 is 1.05 bits per heavy atom. The second-order valence-corrected chi connectivity index (χ2v) is 5.36. The molecule has 0 atom stereocenters. The number of carbonyl (C=O) groups is 1. The monoisotopic (exact) mass is 344 g/mol. The third kappa shape index (κ3) is 3.82. The quantitative estimate of drug-likeness (QED) is 0.730. The molecule has 2 rings (SSSR count). The van der Waals surface area contributed by atoms with Crippen LogP contribution in [0.3, 0.4) is 0 Å². The first kappa shape index (κ1) is 16.0. The van der Waals surface area contributed by atoms with Crippen LogP contribution in [0.2, 0.25) is 15.1 Å². The van der Waals surface area contributed by atoms with Crippen molar-refractivity contribution < 1.29 is 14.3 Å². The SMILES string of the molecule is COC(=O)c1cc(Cl)c(OCc2ccccc2Cl)c(Cl)c1. The van der Waals surface area contributed by atoms with Gasteiger partial charge in [-0.15, -0.1) is 0 Å². The Bertz CT molecular complexity index is 648. The van der Waals surface area contributed by atoms with Gasteiger partial charge < -0.3 is 9.47 Å². The van der Waals surface area contributed by atoms with Gasteiger partial charge in [-0.25, -0.2) is 4.79 Å². The van der Waals surface area contributed by atoms with Crippen LogP contribution in [-0.4, -0.2) is 13.1 Å². The van der Waals surface area contributed by atoms with Gasteiger partial charge in [0.15, 0.2) is 5.75 Å². The molecule has 0 bridgehead atoms. The summed E-state index contributed by atoms with van der Waals surface area (Å²) in [4.78, 5) is 11.5. The van der Waals surface area contributed by atoms with Crippen LogP contribution < -0.4 is 4.74 Å². The van der Waals surface area contributed by atoms with Gasteiger partial charge in [0.1, 0.15) is 6.61 Å². The van der Waals surface area contributed by atoms with E-state index >= 15 is 0 Å². The van der Waals surface area contributed by atoms with Crippen molar-refractivity contribution in [1.82, 2.24) is 0 Å². The smallest absolute Gasteiger partial charge is 0.337 e. The predicted octanol–water partition coefficient (Wildman–Crippen LogP) is 5.01. The van der Waals surface area contributed by atoms with Crippen molar-refractivity contribution in [3.63, 3.8) is 0 Å². The highest BCUT2D eigenvalue weighted by molar-refractivity contribution is 6.37. The summed E-state index contributed by atoms with van der Waals surface area (Å²) in [6.07, 6.45) is 0. The predicted molar refractivity (Wildman–Crippen MR) is 83.6 cm³/mol. The summed E-state index contributed by atoms with van der Waals surface area (Å²) in [7, 11) is 1.28. The summed E-state index contributed by atoms with van der Waals surface area (Å²) < 4.78 is 10.2. The zero-order valence-corrected chi connectivity index (χ0v) is 13.3. The van der Waals surface area contributed by atoms with Crippen LogP contribution in [0.1, 0.15) is 15.9 Å². The molecule has 0 amide bonds. The number of halogens is 3. The molecule has 0 N–H and O–H groups in total. The molecule has 0 aliphatic heterocycles. The standard InChI is InChI=1S/C15H11Cl3O3/c1-20-15(19)10-6-12(17)14(13(18)7-10)21-8-9-4-2-3-5-11(9)16/h2-7H,8H2,1H3. The summed E-state index contributed by atoms with van der Waals surface area (Å²) in [6, 6.07) is 10.2. The van der Waals surface area contributed by atoms with Crippen LogP contribution in [-0.2, 0) is 11.3 Å². The van der Waals surface area contributed by atoms with Crippen molar-refractivity contribution in [2.24, 2.45) is 0 Å². The first-order valence-corrected chi connectivity index (χ1v) is 7.10. The first-order valence-electron chi connectivity index (χ1n) is 5.96. The summed E-state index contributed by atoms with van der Waals surface area (Å²) in [5, 5.41) is 1.06. The number of carbonyl (C=O) groups excluding carboxylic acids is 1. The van der Waals surface area contributed by atoms with E-state index in [1.54, 1.807) is 6.07 Å². The molecule has 3 nitrogen and oxygen atoms in total. The van der Waals surface area contributed by atoms with Crippen LogP contribution in [0.15, 0.2) is 36.4 Å². The molecule has 2 aromatic rings. The maximum Gasteiger partial charge on any atom is 0.337 e. The molecule has 21 heavy (non-hydrogen) atoms. The Labute approximate surface area is 137 Å². The van der Waals surface area contributed by atoms with Gasteiger partial charge in [-0.1, -0.05) is 53.0 Å². The van der Waals surface area contributed by atoms with E-state index in [-0.39, 0.29) is 22.2 Å². The molecule has 0 saturated heterocycles. The zero-order chi connectivity index (χ0) is 15.4. The van der Waals surface area contributed by atoms with E-state index in [0.29, 0.717) is 10.8 Å². The molecule has 0 spiro atoms. The topological polar surface area (TPSA) is 35.5 Å². The average Bonchev–Trinajstić information content (AvgIpc) is 2.47. The van der Waals surface area contributed by atoms with E-state index in [1.807, 2.05) is 18.2 Å². The molecule has 0 unspecified atom stereocenters. The molecule has 0 aromatic heterocycles. The maximum atomic E-state index is 11.5. The number of ether oxygens (including phenoxy) is 2. The van der Waals surface area contributed by atoms with Crippen molar-refractivity contribution in [1.29, 1.82) is 0 Å². The number of hydrogen-bond donors (Lipinski definition) is 0. The lowest BCUT2D eigenvalue weighted by Crippen LogP contribution is -2.03. The Kier molecular flexibility index (Phi) is 5.34. The highest BCUT2D eigenvalue weighted by atomic mass is 35.5. The number of hydrogen-bond acceptors (Lipinski definition) is 3. The molecule has 6 heteroatoms. The van der Waals surface area contributed by atoms with Crippen molar-refractivity contribution in [3.05, 3.63) is 62.6 Å². The van der Waals surface area contributed by atoms with Crippen molar-refractivity contribution in [2.45, 2.75) is 6.61 Å². The van der Waals surface area contributed by atoms with Gasteiger partial charge >= 0.3 is 5.97 Å². The fraction of sp³-hybridized carbons (Fsp3) is 0.133. The summed E-state index contributed by atoms with van der Waals surface area (Å²) in [6.45, 7) is 0.219. The summed E-state index contributed by atoms with van der Waals surface area (Å²) in [5.41, 5.74) is 1.07. The molecule has 0 aliphatic carbocycles. The van der Waals surface area contributed by atoms with Crippen molar-refractivity contribution in [3.8, 4) is 5.75 Å². The maximum absolute atomic E-state index is 11.5. The Balaban J connectivity index is 2.21. The van der Waals surface area contributed by atoms with Crippen LogP contribution >= 0.6 is 34.8 Å². The van der Waals surface area contributed by atoms with Gasteiger partial charge in [-0.2, -0.15) is 0 Å². The third-order valence-electron chi connectivity index (χ3n) is 2.75. The Morgan fingerprint density at radius 2 is 1.67 bits per heavy atom. The van der Waals surface area contributed by atoms with Crippen LogP contribution in [0.4, 0.5) is 0 Å². The van der Waals surface area contributed by atoms with Crippen molar-refractivity contribution >= 4 is 40.8 Å². The molecule has 0 aliphatic rings. The number of rotatable bonds is 4. The lowest BCUT2D eigenvalue weighted by molar-refractivity contribution is 0.0600. The van der Waals surface area contributed by atoms with Crippen LogP contribution in [0, 0.1) is 0 Å². The molecule has 0 heterocycles. The van der Waals surface area contributed by atoms with Gasteiger partial charge in [0.25, 0.3) is 0 Å². The van der Waals surface area contributed by atoms with E-state index in [9.17, 15) is 4.79 Å². The highest BCUT2D eigenvalue weighted by Gasteiger charge is 2.15. The molecule has 2 aromatic carbocycles. The highest BCUT2D eigenvalue weighted by Crippen LogP contribution is 2.35. The van der Waals surface area contributed by atoms with E-state index in [0.717, 1.165) is 5.56 Å². The number of methoxy groups -OCH3 is 1. The Hall–Kier alpha value is -1.42. The van der Waals surface area contributed by atoms with Gasteiger partial charge in [-0.05, 0) is 18.2 Å². The second kappa shape index (κ2) is 7.03. The van der Waals surface area contributed by atoms with Crippen molar-refractivity contribution in [2.75, 3.05) is 7.11 Å². The minimum absolute atomic E-state index is 0.219. The second-order valence-electron chi connectivity index (χ2n) is 4.14. The summed E-state index contributed by atoms with van der Waals surface area (Å²) in [5.74, 6) is -0.220. The fourth-order valence-electron chi connectivity index (χ4n) is 1.70. The lowest BCUT2D eigenvalue weighted by Gasteiger charge is -2.12. The molecular formula is C15H11Cl3O3. The van der Waals surface area contributed by atoms with E-state index in [4.69, 9.17) is 39.5 Å². The van der Waals surface area contributed by atoms with Gasteiger partial charge in [0, 0.05) is 10.6 Å². The minimum atomic E-state index is -0.517. The van der Waals surface area contributed by atoms with Crippen LogP contribution in [0.5, 0.6) is 5.75 Å². The average molecular weight is 346 g/mol. The number of esters is 1. The lowest BCUT2D eigenvalue weighted by atomic mass is 10.2.